The third-order valence-corrected chi connectivity index (χ3v) is 2.26. The van der Waals surface area contributed by atoms with Crippen molar-refractivity contribution in [1.29, 1.82) is 0 Å². The summed E-state index contributed by atoms with van der Waals surface area (Å²) < 4.78 is 0. The van der Waals surface area contributed by atoms with Crippen molar-refractivity contribution in [3.8, 4) is 11.8 Å². The normalized spacial score (nSPS) is 9.88. The van der Waals surface area contributed by atoms with Gasteiger partial charge in [0.1, 0.15) is 0 Å². The molecule has 0 atom stereocenters. The summed E-state index contributed by atoms with van der Waals surface area (Å²) in [7, 11) is 0. The molecular weight excluding hydrogens is 206 g/mol. The summed E-state index contributed by atoms with van der Waals surface area (Å²) in [4.78, 5) is 0. The number of nitrogen functional groups attached to an aromatic ring is 1. The SMILES string of the molecule is Nc1cccc(C#C/C=C/c2ccccc2)c1. The third-order valence-electron chi connectivity index (χ3n) is 2.26. The quantitative estimate of drug-likeness (QED) is 0.577. The third kappa shape index (κ3) is 3.55. The Bertz CT molecular complexity index is 571. The molecule has 0 radical (unpaired) electrons. The van der Waals surface area contributed by atoms with Gasteiger partial charge in [-0.1, -0.05) is 48.2 Å². The Morgan fingerprint density at radius 2 is 1.76 bits per heavy atom. The molecule has 82 valence electrons. The lowest BCUT2D eigenvalue weighted by atomic mass is 10.2. The van der Waals surface area contributed by atoms with Gasteiger partial charge in [-0.2, -0.15) is 0 Å². The van der Waals surface area contributed by atoms with E-state index in [1.807, 2.05) is 66.7 Å². The van der Waals surface area contributed by atoms with Gasteiger partial charge in [0.05, 0.1) is 0 Å². The molecule has 0 aliphatic rings. The zero-order valence-electron chi connectivity index (χ0n) is 9.43. The largest absolute Gasteiger partial charge is 0.399 e. The fourth-order valence-electron chi connectivity index (χ4n) is 1.44. The predicted octanol–water partition coefficient (Wildman–Crippen LogP) is 3.33. The second-order valence-electron chi connectivity index (χ2n) is 3.64. The first-order valence-electron chi connectivity index (χ1n) is 5.43. The smallest absolute Gasteiger partial charge is 0.0326 e. The highest BCUT2D eigenvalue weighted by atomic mass is 14.5. The Labute approximate surface area is 102 Å². The van der Waals surface area contributed by atoms with Gasteiger partial charge in [-0.15, -0.1) is 0 Å². The van der Waals surface area contributed by atoms with E-state index in [1.165, 1.54) is 0 Å². The molecule has 0 bridgehead atoms. The van der Waals surface area contributed by atoms with Crippen molar-refractivity contribution in [2.24, 2.45) is 0 Å². The molecule has 1 nitrogen and oxygen atoms in total. The molecule has 2 N–H and O–H groups in total. The van der Waals surface area contributed by atoms with Gasteiger partial charge >= 0.3 is 0 Å². The summed E-state index contributed by atoms with van der Waals surface area (Å²) in [6, 6.07) is 17.7. The lowest BCUT2D eigenvalue weighted by molar-refractivity contribution is 1.63. The maximum absolute atomic E-state index is 5.67. The number of hydrogen-bond acceptors (Lipinski definition) is 1. The minimum atomic E-state index is 0.740. The second-order valence-corrected chi connectivity index (χ2v) is 3.64. The number of anilines is 1. The minimum absolute atomic E-state index is 0.740. The molecule has 0 fully saturated rings. The van der Waals surface area contributed by atoms with Crippen LogP contribution in [0.25, 0.3) is 6.08 Å². The molecule has 0 aliphatic heterocycles. The van der Waals surface area contributed by atoms with Crippen LogP contribution in [0.15, 0.2) is 60.7 Å². The van der Waals surface area contributed by atoms with E-state index < -0.39 is 0 Å². The van der Waals surface area contributed by atoms with Crippen LogP contribution in [0.3, 0.4) is 0 Å². The van der Waals surface area contributed by atoms with Gasteiger partial charge in [-0.3, -0.25) is 0 Å². The Hall–Kier alpha value is -2.46. The summed E-state index contributed by atoms with van der Waals surface area (Å²) in [5.74, 6) is 6.03. The van der Waals surface area contributed by atoms with Crippen LogP contribution in [-0.4, -0.2) is 0 Å². The van der Waals surface area contributed by atoms with Crippen molar-refractivity contribution in [3.63, 3.8) is 0 Å². The average Bonchev–Trinajstić information content (AvgIpc) is 2.36. The number of nitrogens with two attached hydrogens (primary N) is 1. The Morgan fingerprint density at radius 3 is 2.53 bits per heavy atom. The minimum Gasteiger partial charge on any atom is -0.399 e. The summed E-state index contributed by atoms with van der Waals surface area (Å²) >= 11 is 0. The van der Waals surface area contributed by atoms with Crippen LogP contribution in [0.2, 0.25) is 0 Å². The van der Waals surface area contributed by atoms with E-state index in [2.05, 4.69) is 11.8 Å². The monoisotopic (exact) mass is 219 g/mol. The Balaban J connectivity index is 2.06. The molecule has 0 aliphatic carbocycles. The van der Waals surface area contributed by atoms with Gasteiger partial charge in [0, 0.05) is 11.3 Å². The van der Waals surface area contributed by atoms with Crippen molar-refractivity contribution in [1.82, 2.24) is 0 Å². The average molecular weight is 219 g/mol. The van der Waals surface area contributed by atoms with Gasteiger partial charge in [0.25, 0.3) is 0 Å². The van der Waals surface area contributed by atoms with E-state index in [0.29, 0.717) is 0 Å². The summed E-state index contributed by atoms with van der Waals surface area (Å²) in [5.41, 5.74) is 8.49. The van der Waals surface area contributed by atoms with Gasteiger partial charge in [0.2, 0.25) is 0 Å². The molecule has 1 heteroatoms. The fraction of sp³-hybridized carbons (Fsp3) is 0. The van der Waals surface area contributed by atoms with Crippen molar-refractivity contribution in [2.75, 3.05) is 5.73 Å². The van der Waals surface area contributed by atoms with E-state index in [0.717, 1.165) is 16.8 Å². The highest BCUT2D eigenvalue weighted by Crippen LogP contribution is 2.04. The lowest BCUT2D eigenvalue weighted by Crippen LogP contribution is -1.83. The van der Waals surface area contributed by atoms with Crippen molar-refractivity contribution in [2.45, 2.75) is 0 Å². The van der Waals surface area contributed by atoms with Crippen molar-refractivity contribution >= 4 is 11.8 Å². The maximum atomic E-state index is 5.67. The zero-order valence-corrected chi connectivity index (χ0v) is 9.43. The summed E-state index contributed by atoms with van der Waals surface area (Å²) in [6.07, 6.45) is 3.83. The van der Waals surface area contributed by atoms with Gasteiger partial charge < -0.3 is 5.73 Å². The van der Waals surface area contributed by atoms with E-state index in [9.17, 15) is 0 Å². The van der Waals surface area contributed by atoms with Crippen LogP contribution in [0, 0.1) is 11.8 Å². The standard InChI is InChI=1S/C16H13N/c17-16-12-6-11-15(13-16)10-5-4-9-14-7-2-1-3-8-14/h1-4,6-9,11-13H,17H2/b9-4+. The molecule has 0 saturated heterocycles. The number of allylic oxidation sites excluding steroid dienone is 1. The van der Waals surface area contributed by atoms with Crippen LogP contribution in [0.4, 0.5) is 5.69 Å². The van der Waals surface area contributed by atoms with Gasteiger partial charge in [-0.05, 0) is 35.9 Å². The van der Waals surface area contributed by atoms with Crippen LogP contribution in [0.1, 0.15) is 11.1 Å². The molecular formula is C16H13N. The Kier molecular flexibility index (Phi) is 3.62. The molecule has 0 aromatic heterocycles. The highest BCUT2D eigenvalue weighted by molar-refractivity contribution is 5.54. The lowest BCUT2D eigenvalue weighted by Gasteiger charge is -1.91. The molecule has 0 amide bonds. The maximum Gasteiger partial charge on any atom is 0.0326 e. The first kappa shape index (κ1) is 11.0. The Morgan fingerprint density at radius 1 is 0.941 bits per heavy atom. The second kappa shape index (κ2) is 5.58. The topological polar surface area (TPSA) is 26.0 Å². The molecule has 0 spiro atoms. The van der Waals surface area contributed by atoms with E-state index in [-0.39, 0.29) is 0 Å². The molecule has 0 heterocycles. The van der Waals surface area contributed by atoms with Crippen LogP contribution < -0.4 is 5.73 Å². The van der Waals surface area contributed by atoms with Gasteiger partial charge in [0.15, 0.2) is 0 Å². The fourth-order valence-corrected chi connectivity index (χ4v) is 1.44. The van der Waals surface area contributed by atoms with Crippen LogP contribution >= 0.6 is 0 Å². The van der Waals surface area contributed by atoms with Crippen LogP contribution in [0.5, 0.6) is 0 Å². The number of hydrogen-bond donors (Lipinski definition) is 1. The molecule has 17 heavy (non-hydrogen) atoms. The summed E-state index contributed by atoms with van der Waals surface area (Å²) in [6.45, 7) is 0. The molecule has 2 aromatic rings. The zero-order chi connectivity index (χ0) is 11.9. The molecule has 2 rings (SSSR count). The highest BCUT2D eigenvalue weighted by Gasteiger charge is 1.86. The van der Waals surface area contributed by atoms with Crippen molar-refractivity contribution < 1.29 is 0 Å². The van der Waals surface area contributed by atoms with Crippen LogP contribution in [-0.2, 0) is 0 Å². The summed E-state index contributed by atoms with van der Waals surface area (Å²) in [5, 5.41) is 0. The molecule has 0 saturated carbocycles. The first-order chi connectivity index (χ1) is 8.34. The molecule has 2 aromatic carbocycles. The van der Waals surface area contributed by atoms with E-state index in [4.69, 9.17) is 5.73 Å². The first-order valence-corrected chi connectivity index (χ1v) is 5.43. The van der Waals surface area contributed by atoms with Crippen molar-refractivity contribution in [3.05, 3.63) is 71.8 Å². The van der Waals surface area contributed by atoms with E-state index >= 15 is 0 Å². The number of benzene rings is 2. The van der Waals surface area contributed by atoms with E-state index in [1.54, 1.807) is 0 Å². The predicted molar refractivity (Wildman–Crippen MR) is 73.2 cm³/mol. The molecule has 0 unspecified atom stereocenters. The number of rotatable bonds is 1. The van der Waals surface area contributed by atoms with Gasteiger partial charge in [-0.25, -0.2) is 0 Å².